The Hall–Kier alpha value is -2.81. The van der Waals surface area contributed by atoms with Crippen LogP contribution in [0.5, 0.6) is 0 Å². The van der Waals surface area contributed by atoms with Gasteiger partial charge in [0.2, 0.25) is 5.91 Å². The summed E-state index contributed by atoms with van der Waals surface area (Å²) < 4.78 is 24.4. The van der Waals surface area contributed by atoms with Crippen molar-refractivity contribution in [1.29, 1.82) is 0 Å². The van der Waals surface area contributed by atoms with Crippen LogP contribution in [0.15, 0.2) is 48.5 Å². The molecule has 4 rings (SSSR count). The maximum atomic E-state index is 13.1. The second kappa shape index (κ2) is 10.00. The van der Waals surface area contributed by atoms with Gasteiger partial charge in [0.15, 0.2) is 6.29 Å². The number of carbonyl (C=O) groups is 2. The Morgan fingerprint density at radius 3 is 2.52 bits per heavy atom. The fourth-order valence-corrected chi connectivity index (χ4v) is 4.02. The Bertz CT molecular complexity index is 915. The number of nitrogens with zero attached hydrogens (tertiary/aromatic N) is 1. The standard InChI is InChI=1S/C23H26FN3O4/c24-16-8-10-17(11-9-16)25-22(29)18-5-1-2-6-19(18)26-21(28)15-27-12-4-3-7-20(27)23-30-13-14-31-23/h1-2,5-6,8-11,20,23H,3-4,7,12-15H2,(H,25,29)(H,26,28). The van der Waals surface area contributed by atoms with E-state index in [1.54, 1.807) is 24.3 Å². The van der Waals surface area contributed by atoms with E-state index in [0.717, 1.165) is 25.8 Å². The van der Waals surface area contributed by atoms with Gasteiger partial charge in [0, 0.05) is 5.69 Å². The Morgan fingerprint density at radius 1 is 1.00 bits per heavy atom. The van der Waals surface area contributed by atoms with E-state index in [9.17, 15) is 14.0 Å². The molecule has 7 nitrogen and oxygen atoms in total. The summed E-state index contributed by atoms with van der Waals surface area (Å²) in [4.78, 5) is 27.6. The summed E-state index contributed by atoms with van der Waals surface area (Å²) in [5.41, 5.74) is 1.23. The molecule has 0 spiro atoms. The lowest BCUT2D eigenvalue weighted by atomic mass is 10.0. The predicted molar refractivity (Wildman–Crippen MR) is 114 cm³/mol. The maximum absolute atomic E-state index is 13.1. The average Bonchev–Trinajstić information content (AvgIpc) is 3.31. The van der Waals surface area contributed by atoms with Crippen LogP contribution in [0.3, 0.4) is 0 Å². The molecule has 0 aliphatic carbocycles. The molecule has 1 unspecified atom stereocenters. The van der Waals surface area contributed by atoms with E-state index in [0.29, 0.717) is 30.2 Å². The van der Waals surface area contributed by atoms with Gasteiger partial charge in [0.25, 0.3) is 5.91 Å². The number of anilines is 2. The zero-order chi connectivity index (χ0) is 21.6. The van der Waals surface area contributed by atoms with Gasteiger partial charge in [-0.3, -0.25) is 14.5 Å². The van der Waals surface area contributed by atoms with E-state index in [4.69, 9.17) is 9.47 Å². The number of hydrogen-bond acceptors (Lipinski definition) is 5. The third kappa shape index (κ3) is 5.46. The minimum Gasteiger partial charge on any atom is -0.349 e. The number of piperidine rings is 1. The molecule has 2 heterocycles. The third-order valence-electron chi connectivity index (χ3n) is 5.52. The number of halogens is 1. The first-order chi connectivity index (χ1) is 15.1. The van der Waals surface area contributed by atoms with E-state index in [1.807, 2.05) is 0 Å². The van der Waals surface area contributed by atoms with Crippen LogP contribution in [0, 0.1) is 5.82 Å². The zero-order valence-electron chi connectivity index (χ0n) is 17.2. The molecule has 2 saturated heterocycles. The highest BCUT2D eigenvalue weighted by Crippen LogP contribution is 2.24. The van der Waals surface area contributed by atoms with Gasteiger partial charge in [0.1, 0.15) is 5.82 Å². The van der Waals surface area contributed by atoms with Crippen molar-refractivity contribution >= 4 is 23.2 Å². The molecular formula is C23H26FN3O4. The summed E-state index contributed by atoms with van der Waals surface area (Å²) in [5.74, 6) is -0.965. The molecule has 2 N–H and O–H groups in total. The molecule has 0 saturated carbocycles. The first-order valence-corrected chi connectivity index (χ1v) is 10.5. The minimum atomic E-state index is -0.383. The molecule has 2 aliphatic heterocycles. The van der Waals surface area contributed by atoms with E-state index >= 15 is 0 Å². The van der Waals surface area contributed by atoms with Gasteiger partial charge in [-0.2, -0.15) is 0 Å². The number of ether oxygens (including phenoxy) is 2. The minimum absolute atomic E-state index is 0.0546. The van der Waals surface area contributed by atoms with E-state index in [-0.39, 0.29) is 36.5 Å². The van der Waals surface area contributed by atoms with Gasteiger partial charge in [-0.15, -0.1) is 0 Å². The SMILES string of the molecule is O=C(CN1CCCCC1C1OCCO1)Nc1ccccc1C(=O)Nc1ccc(F)cc1. The van der Waals surface area contributed by atoms with Gasteiger partial charge >= 0.3 is 0 Å². The first-order valence-electron chi connectivity index (χ1n) is 10.5. The highest BCUT2D eigenvalue weighted by molar-refractivity contribution is 6.10. The van der Waals surface area contributed by atoms with Crippen molar-refractivity contribution in [3.8, 4) is 0 Å². The summed E-state index contributed by atoms with van der Waals surface area (Å²) in [5, 5.41) is 5.59. The number of para-hydroxylation sites is 1. The van der Waals surface area contributed by atoms with Crippen LogP contribution >= 0.6 is 0 Å². The molecular weight excluding hydrogens is 401 g/mol. The molecule has 31 heavy (non-hydrogen) atoms. The van der Waals surface area contributed by atoms with Crippen LogP contribution in [0.25, 0.3) is 0 Å². The molecule has 2 amide bonds. The van der Waals surface area contributed by atoms with Crippen LogP contribution < -0.4 is 10.6 Å². The summed E-state index contributed by atoms with van der Waals surface area (Å²) in [6, 6.07) is 12.4. The molecule has 2 aliphatic rings. The number of benzene rings is 2. The van der Waals surface area contributed by atoms with Crippen molar-refractivity contribution in [3.05, 3.63) is 59.9 Å². The van der Waals surface area contributed by atoms with Crippen LogP contribution in [0.4, 0.5) is 15.8 Å². The average molecular weight is 427 g/mol. The van der Waals surface area contributed by atoms with Gasteiger partial charge in [-0.05, 0) is 55.8 Å². The maximum Gasteiger partial charge on any atom is 0.257 e. The van der Waals surface area contributed by atoms with Gasteiger partial charge in [0.05, 0.1) is 37.1 Å². The molecule has 2 aromatic rings. The predicted octanol–water partition coefficient (Wildman–Crippen LogP) is 3.24. The molecule has 0 aromatic heterocycles. The Labute approximate surface area is 180 Å². The monoisotopic (exact) mass is 427 g/mol. The number of amides is 2. The Morgan fingerprint density at radius 2 is 1.74 bits per heavy atom. The van der Waals surface area contributed by atoms with Gasteiger partial charge in [-0.1, -0.05) is 18.6 Å². The summed E-state index contributed by atoms with van der Waals surface area (Å²) in [7, 11) is 0. The highest BCUT2D eigenvalue weighted by atomic mass is 19.1. The zero-order valence-corrected chi connectivity index (χ0v) is 17.2. The lowest BCUT2D eigenvalue weighted by Gasteiger charge is -2.37. The summed E-state index contributed by atoms with van der Waals surface area (Å²) in [6.45, 7) is 2.16. The number of carbonyl (C=O) groups excluding carboxylic acids is 2. The largest absolute Gasteiger partial charge is 0.349 e. The van der Waals surface area contributed by atoms with Crippen molar-refractivity contribution < 1.29 is 23.5 Å². The molecule has 2 fully saturated rings. The first kappa shape index (κ1) is 21.4. The Balaban J connectivity index is 1.41. The van der Waals surface area contributed by atoms with Crippen molar-refractivity contribution in [2.24, 2.45) is 0 Å². The van der Waals surface area contributed by atoms with E-state index in [1.165, 1.54) is 24.3 Å². The molecule has 164 valence electrons. The lowest BCUT2D eigenvalue weighted by molar-refractivity contribution is -0.127. The van der Waals surface area contributed by atoms with Gasteiger partial charge in [-0.25, -0.2) is 4.39 Å². The fraction of sp³-hybridized carbons (Fsp3) is 0.391. The molecule has 0 radical (unpaired) electrons. The molecule has 0 bridgehead atoms. The second-order valence-corrected chi connectivity index (χ2v) is 7.70. The molecule has 8 heteroatoms. The summed E-state index contributed by atoms with van der Waals surface area (Å²) >= 11 is 0. The summed E-state index contributed by atoms with van der Waals surface area (Å²) in [6.07, 6.45) is 2.74. The van der Waals surface area contributed by atoms with Crippen molar-refractivity contribution in [2.45, 2.75) is 31.6 Å². The second-order valence-electron chi connectivity index (χ2n) is 7.70. The number of nitrogens with one attached hydrogen (secondary N) is 2. The van der Waals surface area contributed by atoms with Crippen molar-refractivity contribution in [2.75, 3.05) is 36.9 Å². The fourth-order valence-electron chi connectivity index (χ4n) is 4.02. The topological polar surface area (TPSA) is 79.9 Å². The molecule has 2 aromatic carbocycles. The van der Waals surface area contributed by atoms with E-state index < -0.39 is 0 Å². The van der Waals surface area contributed by atoms with E-state index in [2.05, 4.69) is 15.5 Å². The normalized spacial score (nSPS) is 19.8. The van der Waals surface area contributed by atoms with Crippen molar-refractivity contribution in [3.63, 3.8) is 0 Å². The lowest BCUT2D eigenvalue weighted by Crippen LogP contribution is -2.50. The van der Waals surface area contributed by atoms with Crippen LogP contribution in [0.2, 0.25) is 0 Å². The van der Waals surface area contributed by atoms with Crippen molar-refractivity contribution in [1.82, 2.24) is 4.90 Å². The third-order valence-corrected chi connectivity index (χ3v) is 5.52. The van der Waals surface area contributed by atoms with Crippen LogP contribution in [0.1, 0.15) is 29.6 Å². The van der Waals surface area contributed by atoms with Crippen LogP contribution in [-0.2, 0) is 14.3 Å². The number of hydrogen-bond donors (Lipinski definition) is 2. The highest BCUT2D eigenvalue weighted by Gasteiger charge is 2.34. The van der Waals surface area contributed by atoms with Gasteiger partial charge < -0.3 is 20.1 Å². The number of rotatable bonds is 6. The smallest absolute Gasteiger partial charge is 0.257 e. The molecule has 1 atom stereocenters. The van der Waals surface area contributed by atoms with Crippen LogP contribution in [-0.4, -0.2) is 55.3 Å². The Kier molecular flexibility index (Phi) is 6.91. The quantitative estimate of drug-likeness (QED) is 0.740. The number of likely N-dealkylation sites (tertiary alicyclic amines) is 1.